The predicted octanol–water partition coefficient (Wildman–Crippen LogP) is 4.03. The highest BCUT2D eigenvalue weighted by molar-refractivity contribution is 7.78. The SMILES string of the molecule is Fc1ccc(F)c([C@H]2C[C@H](F)CN2c2ccn3ncc(N=C=S)c3n2)c1. The average Bonchev–Trinajstić information content (AvgIpc) is 3.21. The van der Waals surface area contributed by atoms with Crippen LogP contribution in [0.25, 0.3) is 5.65 Å². The van der Waals surface area contributed by atoms with Crippen molar-refractivity contribution in [2.24, 2.45) is 4.99 Å². The number of fused-ring (bicyclic) bond motifs is 1. The normalized spacial score (nSPS) is 19.7. The van der Waals surface area contributed by atoms with E-state index in [9.17, 15) is 13.2 Å². The zero-order chi connectivity index (χ0) is 18.3. The van der Waals surface area contributed by atoms with Gasteiger partial charge in [0.1, 0.15) is 29.3 Å². The van der Waals surface area contributed by atoms with Gasteiger partial charge in [-0.15, -0.1) is 0 Å². The van der Waals surface area contributed by atoms with Crippen molar-refractivity contribution in [2.75, 3.05) is 11.4 Å². The molecule has 0 N–H and O–H groups in total. The number of aromatic nitrogens is 3. The van der Waals surface area contributed by atoms with E-state index in [1.165, 1.54) is 10.7 Å². The summed E-state index contributed by atoms with van der Waals surface area (Å²) < 4.78 is 43.4. The molecule has 132 valence electrons. The van der Waals surface area contributed by atoms with Crippen LogP contribution in [0.5, 0.6) is 0 Å². The molecule has 1 aliphatic heterocycles. The lowest BCUT2D eigenvalue weighted by Crippen LogP contribution is -2.25. The topological polar surface area (TPSA) is 45.8 Å². The molecule has 1 fully saturated rings. The number of nitrogens with zero attached hydrogens (tertiary/aromatic N) is 5. The maximum Gasteiger partial charge on any atom is 0.183 e. The Morgan fingerprint density at radius 1 is 1.27 bits per heavy atom. The summed E-state index contributed by atoms with van der Waals surface area (Å²) in [6.07, 6.45) is 2.00. The number of hydrogen-bond acceptors (Lipinski definition) is 5. The summed E-state index contributed by atoms with van der Waals surface area (Å²) in [6, 6.07) is 4.18. The number of thiocarbonyl (C=S) groups is 1. The van der Waals surface area contributed by atoms with E-state index in [4.69, 9.17) is 0 Å². The van der Waals surface area contributed by atoms with Gasteiger partial charge in [-0.25, -0.2) is 22.7 Å². The molecule has 1 aromatic carbocycles. The first kappa shape index (κ1) is 16.7. The molecule has 0 aliphatic carbocycles. The fraction of sp³-hybridized carbons (Fsp3) is 0.235. The molecule has 0 bridgehead atoms. The molecule has 1 aliphatic rings. The third-order valence-electron chi connectivity index (χ3n) is 4.36. The van der Waals surface area contributed by atoms with Crippen molar-refractivity contribution in [3.63, 3.8) is 0 Å². The second-order valence-electron chi connectivity index (χ2n) is 5.95. The molecule has 0 spiro atoms. The van der Waals surface area contributed by atoms with E-state index in [-0.39, 0.29) is 18.5 Å². The van der Waals surface area contributed by atoms with Crippen LogP contribution in [0.1, 0.15) is 18.0 Å². The molecule has 2 atom stereocenters. The quantitative estimate of drug-likeness (QED) is 0.512. The van der Waals surface area contributed by atoms with Crippen molar-refractivity contribution in [3.05, 3.63) is 53.9 Å². The van der Waals surface area contributed by atoms with Crippen LogP contribution in [-0.4, -0.2) is 32.5 Å². The molecule has 4 rings (SSSR count). The number of hydrogen-bond donors (Lipinski definition) is 0. The first-order valence-electron chi connectivity index (χ1n) is 7.84. The molecule has 2 aromatic heterocycles. The predicted molar refractivity (Wildman–Crippen MR) is 93.6 cm³/mol. The summed E-state index contributed by atoms with van der Waals surface area (Å²) in [5.41, 5.74) is 0.949. The summed E-state index contributed by atoms with van der Waals surface area (Å²) >= 11 is 4.61. The maximum atomic E-state index is 14.2. The van der Waals surface area contributed by atoms with Gasteiger partial charge in [-0.3, -0.25) is 0 Å². The number of isothiocyanates is 1. The van der Waals surface area contributed by atoms with Gasteiger partial charge in [0.15, 0.2) is 5.65 Å². The van der Waals surface area contributed by atoms with Crippen LogP contribution in [0.2, 0.25) is 0 Å². The van der Waals surface area contributed by atoms with E-state index in [0.29, 0.717) is 17.2 Å². The number of anilines is 1. The van der Waals surface area contributed by atoms with E-state index < -0.39 is 23.8 Å². The van der Waals surface area contributed by atoms with E-state index in [2.05, 4.69) is 32.5 Å². The molecule has 5 nitrogen and oxygen atoms in total. The Balaban J connectivity index is 1.79. The average molecular weight is 375 g/mol. The summed E-state index contributed by atoms with van der Waals surface area (Å²) in [7, 11) is 0. The zero-order valence-corrected chi connectivity index (χ0v) is 14.1. The minimum atomic E-state index is -1.18. The van der Waals surface area contributed by atoms with E-state index in [1.807, 2.05) is 0 Å². The first-order chi connectivity index (χ1) is 12.6. The monoisotopic (exact) mass is 375 g/mol. The summed E-state index contributed by atoms with van der Waals surface area (Å²) in [4.78, 5) is 9.98. The van der Waals surface area contributed by atoms with Gasteiger partial charge in [0.05, 0.1) is 23.9 Å². The van der Waals surface area contributed by atoms with Gasteiger partial charge in [-0.1, -0.05) is 0 Å². The molecular formula is C17H12F3N5S. The largest absolute Gasteiger partial charge is 0.346 e. The second kappa shape index (κ2) is 6.51. The van der Waals surface area contributed by atoms with Crippen molar-refractivity contribution in [1.29, 1.82) is 0 Å². The highest BCUT2D eigenvalue weighted by Crippen LogP contribution is 2.38. The summed E-state index contributed by atoms with van der Waals surface area (Å²) in [5.74, 6) is -0.722. The lowest BCUT2D eigenvalue weighted by molar-refractivity contribution is 0.355. The van der Waals surface area contributed by atoms with E-state index in [0.717, 1.165) is 18.2 Å². The molecule has 26 heavy (non-hydrogen) atoms. The molecule has 0 saturated carbocycles. The van der Waals surface area contributed by atoms with Crippen LogP contribution >= 0.6 is 12.2 Å². The first-order valence-corrected chi connectivity index (χ1v) is 8.25. The third kappa shape index (κ3) is 2.85. The van der Waals surface area contributed by atoms with Crippen LogP contribution in [0.15, 0.2) is 41.7 Å². The lowest BCUT2D eigenvalue weighted by atomic mass is 10.0. The third-order valence-corrected chi connectivity index (χ3v) is 4.45. The standard InChI is InChI=1S/C17H12F3N5S/c18-10-1-2-13(20)12(5-10)15-6-11(19)8-24(15)16-3-4-25-17(23-16)14(7-22-25)21-9-26/h1-5,7,11,15H,6,8H2/t11-,15+/m0/s1. The number of benzene rings is 1. The Kier molecular flexibility index (Phi) is 4.18. The number of aliphatic imine (C=N–C) groups is 1. The van der Waals surface area contributed by atoms with Gasteiger partial charge < -0.3 is 4.90 Å². The fourth-order valence-electron chi connectivity index (χ4n) is 3.24. The molecule has 0 radical (unpaired) electrons. The van der Waals surface area contributed by atoms with E-state index >= 15 is 0 Å². The van der Waals surface area contributed by atoms with Gasteiger partial charge in [0.25, 0.3) is 0 Å². The Morgan fingerprint density at radius 2 is 2.12 bits per heavy atom. The van der Waals surface area contributed by atoms with Crippen molar-refractivity contribution in [1.82, 2.24) is 14.6 Å². The Hall–Kier alpha value is -2.77. The van der Waals surface area contributed by atoms with Gasteiger partial charge in [-0.05, 0) is 36.5 Å². The molecular weight excluding hydrogens is 363 g/mol. The van der Waals surface area contributed by atoms with Crippen LogP contribution < -0.4 is 4.90 Å². The lowest BCUT2D eigenvalue weighted by Gasteiger charge is -2.26. The molecule has 0 amide bonds. The second-order valence-corrected chi connectivity index (χ2v) is 6.14. The summed E-state index contributed by atoms with van der Waals surface area (Å²) in [6.45, 7) is 0.0314. The number of rotatable bonds is 3. The van der Waals surface area contributed by atoms with Crippen LogP contribution in [0, 0.1) is 11.6 Å². The van der Waals surface area contributed by atoms with Gasteiger partial charge in [0, 0.05) is 18.2 Å². The summed E-state index contributed by atoms with van der Waals surface area (Å²) in [5, 5.41) is 6.35. The van der Waals surface area contributed by atoms with Crippen LogP contribution in [-0.2, 0) is 0 Å². The van der Waals surface area contributed by atoms with Gasteiger partial charge in [-0.2, -0.15) is 10.1 Å². The maximum absolute atomic E-state index is 14.2. The molecule has 1 saturated heterocycles. The molecule has 0 unspecified atom stereocenters. The van der Waals surface area contributed by atoms with E-state index in [1.54, 1.807) is 17.2 Å². The Labute approximate surface area is 151 Å². The molecule has 3 heterocycles. The highest BCUT2D eigenvalue weighted by Gasteiger charge is 2.36. The Morgan fingerprint density at radius 3 is 2.92 bits per heavy atom. The number of halogens is 3. The van der Waals surface area contributed by atoms with Crippen molar-refractivity contribution in [2.45, 2.75) is 18.6 Å². The van der Waals surface area contributed by atoms with Gasteiger partial charge >= 0.3 is 0 Å². The van der Waals surface area contributed by atoms with Crippen molar-refractivity contribution < 1.29 is 13.2 Å². The molecule has 3 aromatic rings. The van der Waals surface area contributed by atoms with Crippen molar-refractivity contribution in [3.8, 4) is 0 Å². The minimum absolute atomic E-state index is 0.0314. The Bertz CT molecular complexity index is 1030. The van der Waals surface area contributed by atoms with Crippen molar-refractivity contribution >= 4 is 34.5 Å². The number of alkyl halides is 1. The van der Waals surface area contributed by atoms with Crippen LogP contribution in [0.3, 0.4) is 0 Å². The minimum Gasteiger partial charge on any atom is -0.346 e. The zero-order valence-electron chi connectivity index (χ0n) is 13.3. The van der Waals surface area contributed by atoms with Crippen LogP contribution in [0.4, 0.5) is 24.7 Å². The molecule has 9 heteroatoms. The smallest absolute Gasteiger partial charge is 0.183 e. The fourth-order valence-corrected chi connectivity index (χ4v) is 3.34. The van der Waals surface area contributed by atoms with Gasteiger partial charge in [0.2, 0.25) is 0 Å². The highest BCUT2D eigenvalue weighted by atomic mass is 32.1.